The van der Waals surface area contributed by atoms with E-state index in [4.69, 9.17) is 0 Å². The van der Waals surface area contributed by atoms with E-state index in [-0.39, 0.29) is 17.4 Å². The van der Waals surface area contributed by atoms with Gasteiger partial charge in [0, 0.05) is 5.56 Å². The highest BCUT2D eigenvalue weighted by Gasteiger charge is 2.15. The molecule has 0 saturated heterocycles. The van der Waals surface area contributed by atoms with Crippen LogP contribution in [0.5, 0.6) is 0 Å². The van der Waals surface area contributed by atoms with Crippen molar-refractivity contribution >= 4 is 17.6 Å². The lowest BCUT2D eigenvalue weighted by molar-refractivity contribution is 0.0935. The Labute approximate surface area is 102 Å². The first-order valence-electron chi connectivity index (χ1n) is 5.01. The van der Waals surface area contributed by atoms with Crippen molar-refractivity contribution in [2.24, 2.45) is 0 Å². The lowest BCUT2D eigenvalue weighted by atomic mass is 10.1. The molecule has 4 nitrogen and oxygen atoms in total. The molecule has 0 radical (unpaired) electrons. The van der Waals surface area contributed by atoms with Gasteiger partial charge in [0.05, 0.1) is 24.0 Å². The maximum atomic E-state index is 13.5. The first-order chi connectivity index (χ1) is 8.18. The van der Waals surface area contributed by atoms with Gasteiger partial charge in [0.15, 0.2) is 5.69 Å². The Balaban J connectivity index is 2.10. The summed E-state index contributed by atoms with van der Waals surface area (Å²) in [5.41, 5.74) is 0.697. The van der Waals surface area contributed by atoms with E-state index in [2.05, 4.69) is 14.1 Å². The maximum absolute atomic E-state index is 13.5. The molecule has 88 valence electrons. The average molecular weight is 251 g/mol. The standard InChI is InChI=1S/C11H10FN3OS/c1-7(8-4-2-3-5-9(8)12)14-11(16)10-6-13-17-15-10/h2-7H,1H3,(H,14,16)/t7-/m1/s1. The van der Waals surface area contributed by atoms with Gasteiger partial charge >= 0.3 is 0 Å². The molecule has 0 saturated carbocycles. The fraction of sp³-hybridized carbons (Fsp3) is 0.182. The molecule has 1 aromatic heterocycles. The van der Waals surface area contributed by atoms with Gasteiger partial charge in [0.1, 0.15) is 5.82 Å². The normalized spacial score (nSPS) is 12.1. The molecule has 2 rings (SSSR count). The Kier molecular flexibility index (Phi) is 3.43. The molecular weight excluding hydrogens is 241 g/mol. The topological polar surface area (TPSA) is 54.9 Å². The summed E-state index contributed by atoms with van der Waals surface area (Å²) in [6, 6.07) is 5.93. The summed E-state index contributed by atoms with van der Waals surface area (Å²) in [6.07, 6.45) is 1.38. The molecule has 1 N–H and O–H groups in total. The van der Waals surface area contributed by atoms with Crippen molar-refractivity contribution in [2.75, 3.05) is 0 Å². The number of rotatable bonds is 3. The molecule has 2 aromatic rings. The number of nitrogens with one attached hydrogen (secondary N) is 1. The van der Waals surface area contributed by atoms with Crippen LogP contribution < -0.4 is 5.32 Å². The van der Waals surface area contributed by atoms with Crippen molar-refractivity contribution in [3.63, 3.8) is 0 Å². The summed E-state index contributed by atoms with van der Waals surface area (Å²) in [5.74, 6) is -0.689. The van der Waals surface area contributed by atoms with Crippen molar-refractivity contribution < 1.29 is 9.18 Å². The van der Waals surface area contributed by atoms with E-state index in [0.29, 0.717) is 5.56 Å². The van der Waals surface area contributed by atoms with E-state index in [1.807, 2.05) is 0 Å². The molecule has 0 aliphatic rings. The predicted molar refractivity (Wildman–Crippen MR) is 62.2 cm³/mol. The lowest BCUT2D eigenvalue weighted by Crippen LogP contribution is -2.27. The van der Waals surface area contributed by atoms with Crippen LogP contribution in [-0.4, -0.2) is 14.7 Å². The number of halogens is 1. The van der Waals surface area contributed by atoms with Gasteiger partial charge < -0.3 is 5.32 Å². The molecule has 1 amide bonds. The minimum absolute atomic E-state index is 0.248. The minimum atomic E-state index is -0.412. The molecule has 0 bridgehead atoms. The van der Waals surface area contributed by atoms with E-state index in [9.17, 15) is 9.18 Å². The number of hydrogen-bond donors (Lipinski definition) is 1. The Hall–Kier alpha value is -1.82. The second-order valence-corrected chi connectivity index (χ2v) is 4.07. The SMILES string of the molecule is C[C@@H](NC(=O)c1cnsn1)c1ccccc1F. The maximum Gasteiger partial charge on any atom is 0.273 e. The monoisotopic (exact) mass is 251 g/mol. The van der Waals surface area contributed by atoms with Gasteiger partial charge in [0.25, 0.3) is 5.91 Å². The highest BCUT2D eigenvalue weighted by molar-refractivity contribution is 6.99. The number of nitrogens with zero attached hydrogens (tertiary/aromatic N) is 2. The van der Waals surface area contributed by atoms with Crippen LogP contribution in [0.3, 0.4) is 0 Å². The highest BCUT2D eigenvalue weighted by atomic mass is 32.1. The molecule has 0 fully saturated rings. The zero-order valence-corrected chi connectivity index (χ0v) is 9.87. The molecule has 0 unspecified atom stereocenters. The van der Waals surface area contributed by atoms with Crippen LogP contribution in [0.1, 0.15) is 29.0 Å². The molecule has 1 aromatic carbocycles. The molecule has 0 spiro atoms. The largest absolute Gasteiger partial charge is 0.344 e. The molecule has 0 aliphatic carbocycles. The van der Waals surface area contributed by atoms with Gasteiger partial charge in [-0.05, 0) is 13.0 Å². The average Bonchev–Trinajstić information content (AvgIpc) is 2.82. The summed E-state index contributed by atoms with van der Waals surface area (Å²) < 4.78 is 21.0. The van der Waals surface area contributed by atoms with Crippen molar-refractivity contribution in [1.82, 2.24) is 14.1 Å². The first kappa shape index (κ1) is 11.7. The Bertz CT molecular complexity index is 515. The Morgan fingerprint density at radius 3 is 2.88 bits per heavy atom. The fourth-order valence-corrected chi connectivity index (χ4v) is 1.85. The Morgan fingerprint density at radius 1 is 1.47 bits per heavy atom. The van der Waals surface area contributed by atoms with Crippen LogP contribution in [0.4, 0.5) is 4.39 Å². The summed E-state index contributed by atoms with van der Waals surface area (Å²) >= 11 is 0.959. The third kappa shape index (κ3) is 2.65. The zero-order valence-electron chi connectivity index (χ0n) is 9.05. The molecule has 1 atom stereocenters. The van der Waals surface area contributed by atoms with Gasteiger partial charge in [-0.15, -0.1) is 0 Å². The summed E-state index contributed by atoms with van der Waals surface area (Å²) in [4.78, 5) is 11.7. The van der Waals surface area contributed by atoms with Gasteiger partial charge in [-0.2, -0.15) is 8.75 Å². The summed E-state index contributed by atoms with van der Waals surface area (Å²) in [7, 11) is 0. The Morgan fingerprint density at radius 2 is 2.24 bits per heavy atom. The number of benzene rings is 1. The lowest BCUT2D eigenvalue weighted by Gasteiger charge is -2.13. The quantitative estimate of drug-likeness (QED) is 0.909. The molecule has 0 aliphatic heterocycles. The number of hydrogen-bond acceptors (Lipinski definition) is 4. The summed E-state index contributed by atoms with van der Waals surface area (Å²) in [5, 5.41) is 2.66. The van der Waals surface area contributed by atoms with E-state index in [0.717, 1.165) is 11.7 Å². The molecule has 6 heteroatoms. The van der Waals surface area contributed by atoms with Crippen LogP contribution >= 0.6 is 11.7 Å². The van der Waals surface area contributed by atoms with E-state index in [1.165, 1.54) is 12.3 Å². The van der Waals surface area contributed by atoms with Crippen molar-refractivity contribution in [1.29, 1.82) is 0 Å². The minimum Gasteiger partial charge on any atom is -0.344 e. The number of carbonyl (C=O) groups excluding carboxylic acids is 1. The predicted octanol–water partition coefficient (Wildman–Crippen LogP) is 2.17. The second-order valence-electron chi connectivity index (χ2n) is 3.51. The van der Waals surface area contributed by atoms with Gasteiger partial charge in [0.2, 0.25) is 0 Å². The fourth-order valence-electron chi connectivity index (χ4n) is 1.44. The van der Waals surface area contributed by atoms with E-state index in [1.54, 1.807) is 25.1 Å². The van der Waals surface area contributed by atoms with Crippen LogP contribution in [0.15, 0.2) is 30.5 Å². The van der Waals surface area contributed by atoms with Gasteiger partial charge in [-0.25, -0.2) is 4.39 Å². The number of carbonyl (C=O) groups is 1. The van der Waals surface area contributed by atoms with Crippen molar-refractivity contribution in [2.45, 2.75) is 13.0 Å². The second kappa shape index (κ2) is 5.01. The third-order valence-electron chi connectivity index (χ3n) is 2.31. The van der Waals surface area contributed by atoms with Crippen LogP contribution in [0, 0.1) is 5.82 Å². The van der Waals surface area contributed by atoms with Crippen molar-refractivity contribution in [3.8, 4) is 0 Å². The first-order valence-corrected chi connectivity index (χ1v) is 5.74. The smallest absolute Gasteiger partial charge is 0.273 e. The number of amides is 1. The third-order valence-corrected chi connectivity index (χ3v) is 2.79. The highest BCUT2D eigenvalue weighted by Crippen LogP contribution is 2.16. The van der Waals surface area contributed by atoms with Gasteiger partial charge in [-0.1, -0.05) is 18.2 Å². The van der Waals surface area contributed by atoms with Gasteiger partial charge in [-0.3, -0.25) is 4.79 Å². The number of aromatic nitrogens is 2. The van der Waals surface area contributed by atoms with Crippen LogP contribution in [0.25, 0.3) is 0 Å². The molecular formula is C11H10FN3OS. The zero-order chi connectivity index (χ0) is 12.3. The molecule has 17 heavy (non-hydrogen) atoms. The molecule has 1 heterocycles. The van der Waals surface area contributed by atoms with Crippen molar-refractivity contribution in [3.05, 3.63) is 47.5 Å². The van der Waals surface area contributed by atoms with E-state index >= 15 is 0 Å². The van der Waals surface area contributed by atoms with Crippen LogP contribution in [0.2, 0.25) is 0 Å². The summed E-state index contributed by atoms with van der Waals surface area (Å²) in [6.45, 7) is 1.72. The van der Waals surface area contributed by atoms with Crippen LogP contribution in [-0.2, 0) is 0 Å². The van der Waals surface area contributed by atoms with E-state index < -0.39 is 6.04 Å².